The first-order chi connectivity index (χ1) is 12.0. The van der Waals surface area contributed by atoms with Crippen molar-refractivity contribution in [3.63, 3.8) is 0 Å². The second kappa shape index (κ2) is 7.09. The number of halogens is 1. The summed E-state index contributed by atoms with van der Waals surface area (Å²) in [5, 5.41) is 0. The van der Waals surface area contributed by atoms with E-state index in [-0.39, 0.29) is 24.0 Å². The topological polar surface area (TPSA) is 75.9 Å². The number of benzene rings is 1. The van der Waals surface area contributed by atoms with Gasteiger partial charge in [-0.2, -0.15) is 0 Å². The Hall–Kier alpha value is -1.99. The molecule has 2 fully saturated rings. The van der Waals surface area contributed by atoms with E-state index >= 15 is 0 Å². The zero-order chi connectivity index (χ0) is 18.0. The van der Waals surface area contributed by atoms with Crippen LogP contribution in [0.3, 0.4) is 0 Å². The van der Waals surface area contributed by atoms with Crippen LogP contribution in [0.2, 0.25) is 0 Å². The molecule has 7 heteroatoms. The summed E-state index contributed by atoms with van der Waals surface area (Å²) in [6, 6.07) is 5.61. The number of hydrogen-bond donors (Lipinski definition) is 1. The highest BCUT2D eigenvalue weighted by molar-refractivity contribution is 6.01. The van der Waals surface area contributed by atoms with Crippen LogP contribution in [-0.2, 0) is 14.3 Å². The number of nitrogens with zero attached hydrogens (tertiary/aromatic N) is 2. The molecule has 2 saturated heterocycles. The van der Waals surface area contributed by atoms with Crippen LogP contribution in [0.5, 0.6) is 0 Å². The maximum Gasteiger partial charge on any atom is 0.249 e. The summed E-state index contributed by atoms with van der Waals surface area (Å²) in [5.41, 5.74) is 5.49. The molecule has 0 radical (unpaired) electrons. The summed E-state index contributed by atoms with van der Waals surface area (Å²) < 4.78 is 19.4. The van der Waals surface area contributed by atoms with Crippen molar-refractivity contribution >= 4 is 17.5 Å². The van der Waals surface area contributed by atoms with Crippen molar-refractivity contribution in [1.29, 1.82) is 0 Å². The molecule has 1 aromatic rings. The lowest BCUT2D eigenvalue weighted by Gasteiger charge is -2.39. The molecule has 2 aliphatic rings. The first-order valence-electron chi connectivity index (χ1n) is 8.61. The van der Waals surface area contributed by atoms with Gasteiger partial charge in [0.15, 0.2) is 0 Å². The molecule has 0 bridgehead atoms. The number of amides is 2. The van der Waals surface area contributed by atoms with E-state index in [0.717, 1.165) is 0 Å². The predicted octanol–water partition coefficient (Wildman–Crippen LogP) is 1.14. The van der Waals surface area contributed by atoms with Gasteiger partial charge >= 0.3 is 0 Å². The summed E-state index contributed by atoms with van der Waals surface area (Å²) in [4.78, 5) is 28.7. The molecule has 1 atom stereocenters. The van der Waals surface area contributed by atoms with Gasteiger partial charge in [-0.1, -0.05) is 12.1 Å². The van der Waals surface area contributed by atoms with Gasteiger partial charge in [-0.15, -0.1) is 0 Å². The summed E-state index contributed by atoms with van der Waals surface area (Å²) in [6.45, 7) is 1.62. The quantitative estimate of drug-likeness (QED) is 0.885. The van der Waals surface area contributed by atoms with E-state index in [4.69, 9.17) is 10.5 Å². The molecule has 0 spiro atoms. The highest BCUT2D eigenvalue weighted by atomic mass is 19.1. The van der Waals surface area contributed by atoms with Crippen molar-refractivity contribution in [1.82, 2.24) is 4.90 Å². The molecule has 1 aromatic carbocycles. The average Bonchev–Trinajstić information content (AvgIpc) is 3.02. The third-order valence-electron chi connectivity index (χ3n) is 5.40. The van der Waals surface area contributed by atoms with E-state index < -0.39 is 17.3 Å². The molecule has 136 valence electrons. The smallest absolute Gasteiger partial charge is 0.249 e. The van der Waals surface area contributed by atoms with Crippen molar-refractivity contribution in [3.8, 4) is 0 Å². The van der Waals surface area contributed by atoms with Gasteiger partial charge in [0.05, 0.1) is 11.1 Å². The summed E-state index contributed by atoms with van der Waals surface area (Å²) >= 11 is 0. The number of hydrogen-bond acceptors (Lipinski definition) is 4. The lowest BCUT2D eigenvalue weighted by molar-refractivity contribution is -0.150. The minimum Gasteiger partial charge on any atom is -0.381 e. The normalized spacial score (nSPS) is 22.9. The first kappa shape index (κ1) is 17.8. The Balaban J connectivity index is 1.77. The predicted molar refractivity (Wildman–Crippen MR) is 91.5 cm³/mol. The zero-order valence-corrected chi connectivity index (χ0v) is 14.4. The van der Waals surface area contributed by atoms with E-state index in [1.54, 1.807) is 25.2 Å². The van der Waals surface area contributed by atoms with Crippen LogP contribution in [-0.4, -0.2) is 56.1 Å². The lowest BCUT2D eigenvalue weighted by atomic mass is 9.78. The first-order valence-corrected chi connectivity index (χ1v) is 8.61. The second-order valence-electron chi connectivity index (χ2n) is 6.76. The van der Waals surface area contributed by atoms with E-state index in [1.165, 1.54) is 15.9 Å². The Morgan fingerprint density at radius 1 is 1.40 bits per heavy atom. The van der Waals surface area contributed by atoms with Crippen molar-refractivity contribution in [3.05, 3.63) is 30.1 Å². The number of para-hydroxylation sites is 1. The van der Waals surface area contributed by atoms with Crippen molar-refractivity contribution < 1.29 is 18.7 Å². The number of likely N-dealkylation sites (N-methyl/N-ethyl adjacent to an activating group) is 1. The SMILES string of the molecule is CN(C(=O)C1(CN)CCOCC1)C1CCN(c2ccccc2F)C1=O. The van der Waals surface area contributed by atoms with Gasteiger partial charge in [0, 0.05) is 33.4 Å². The number of carbonyl (C=O) groups excluding carboxylic acids is 2. The van der Waals surface area contributed by atoms with Gasteiger partial charge in [-0.3, -0.25) is 9.59 Å². The average molecular weight is 349 g/mol. The minimum atomic E-state index is -0.668. The minimum absolute atomic E-state index is 0.118. The molecule has 1 unspecified atom stereocenters. The van der Waals surface area contributed by atoms with E-state index in [0.29, 0.717) is 39.0 Å². The number of carbonyl (C=O) groups is 2. The van der Waals surface area contributed by atoms with Gasteiger partial charge in [-0.05, 0) is 31.4 Å². The number of rotatable bonds is 4. The molecule has 3 rings (SSSR count). The van der Waals surface area contributed by atoms with Gasteiger partial charge in [0.2, 0.25) is 11.8 Å². The standard InChI is InChI=1S/C18H24FN3O3/c1-21(17(24)18(12-20)7-10-25-11-8-18)15-6-9-22(16(15)23)14-5-3-2-4-13(14)19/h2-5,15H,6-12,20H2,1H3. The molecule has 6 nitrogen and oxygen atoms in total. The van der Waals surface area contributed by atoms with Crippen molar-refractivity contribution in [2.24, 2.45) is 11.1 Å². The Labute approximate surface area is 146 Å². The summed E-state index contributed by atoms with van der Waals surface area (Å²) in [7, 11) is 1.64. The summed E-state index contributed by atoms with van der Waals surface area (Å²) in [5.74, 6) is -0.805. The van der Waals surface area contributed by atoms with Gasteiger partial charge < -0.3 is 20.3 Å². The van der Waals surface area contributed by atoms with Crippen LogP contribution in [0.4, 0.5) is 10.1 Å². The Morgan fingerprint density at radius 2 is 2.08 bits per heavy atom. The zero-order valence-electron chi connectivity index (χ0n) is 14.4. The second-order valence-corrected chi connectivity index (χ2v) is 6.76. The van der Waals surface area contributed by atoms with Crippen molar-refractivity contribution in [2.45, 2.75) is 25.3 Å². The van der Waals surface area contributed by atoms with E-state index in [2.05, 4.69) is 0 Å². The van der Waals surface area contributed by atoms with Crippen LogP contribution in [0.1, 0.15) is 19.3 Å². The molecular weight excluding hydrogens is 325 g/mol. The number of anilines is 1. The van der Waals surface area contributed by atoms with Crippen LogP contribution in [0, 0.1) is 11.2 Å². The Morgan fingerprint density at radius 3 is 2.72 bits per heavy atom. The molecule has 0 aliphatic carbocycles. The fourth-order valence-corrected chi connectivity index (χ4v) is 3.72. The Bertz CT molecular complexity index is 661. The lowest BCUT2D eigenvalue weighted by Crippen LogP contribution is -2.54. The fraction of sp³-hybridized carbons (Fsp3) is 0.556. The molecule has 2 heterocycles. The molecule has 2 amide bonds. The van der Waals surface area contributed by atoms with Crippen LogP contribution in [0.15, 0.2) is 24.3 Å². The maximum absolute atomic E-state index is 14.0. The fourth-order valence-electron chi connectivity index (χ4n) is 3.72. The maximum atomic E-state index is 14.0. The third kappa shape index (κ3) is 3.14. The summed E-state index contributed by atoms with van der Waals surface area (Å²) in [6.07, 6.45) is 1.60. The van der Waals surface area contributed by atoms with E-state index in [1.807, 2.05) is 0 Å². The highest BCUT2D eigenvalue weighted by Gasteiger charge is 2.45. The number of ether oxygens (including phenoxy) is 1. The number of nitrogens with two attached hydrogens (primary N) is 1. The van der Waals surface area contributed by atoms with Gasteiger partial charge in [0.25, 0.3) is 0 Å². The largest absolute Gasteiger partial charge is 0.381 e. The third-order valence-corrected chi connectivity index (χ3v) is 5.40. The molecule has 0 aromatic heterocycles. The van der Waals surface area contributed by atoms with Crippen LogP contribution < -0.4 is 10.6 Å². The van der Waals surface area contributed by atoms with E-state index in [9.17, 15) is 14.0 Å². The van der Waals surface area contributed by atoms with Gasteiger partial charge in [0.1, 0.15) is 11.9 Å². The van der Waals surface area contributed by atoms with Crippen LogP contribution >= 0.6 is 0 Å². The molecule has 2 N–H and O–H groups in total. The monoisotopic (exact) mass is 349 g/mol. The Kier molecular flexibility index (Phi) is 5.06. The highest BCUT2D eigenvalue weighted by Crippen LogP contribution is 2.34. The molecule has 2 aliphatic heterocycles. The molecule has 25 heavy (non-hydrogen) atoms. The van der Waals surface area contributed by atoms with Crippen molar-refractivity contribution in [2.75, 3.05) is 38.3 Å². The van der Waals surface area contributed by atoms with Crippen LogP contribution in [0.25, 0.3) is 0 Å². The van der Waals surface area contributed by atoms with Gasteiger partial charge in [-0.25, -0.2) is 4.39 Å². The molecule has 0 saturated carbocycles. The molecular formula is C18H24FN3O3.